The van der Waals surface area contributed by atoms with Crippen molar-refractivity contribution < 1.29 is 4.92 Å². The fraction of sp³-hybridized carbons (Fsp3) is 0.211. The number of hydrogen-bond acceptors (Lipinski definition) is 8. The second-order valence-electron chi connectivity index (χ2n) is 6.68. The van der Waals surface area contributed by atoms with E-state index in [1.807, 2.05) is 42.6 Å². The van der Waals surface area contributed by atoms with E-state index in [4.69, 9.17) is 0 Å². The summed E-state index contributed by atoms with van der Waals surface area (Å²) >= 11 is 0. The minimum Gasteiger partial charge on any atom is -0.358 e. The highest BCUT2D eigenvalue weighted by atomic mass is 16.6. The summed E-state index contributed by atoms with van der Waals surface area (Å²) in [6.45, 7) is 2.11. The molecule has 0 aliphatic rings. The summed E-state index contributed by atoms with van der Waals surface area (Å²) in [5.41, 5.74) is 2.68. The van der Waals surface area contributed by atoms with Gasteiger partial charge in [-0.2, -0.15) is 0 Å². The van der Waals surface area contributed by atoms with Crippen molar-refractivity contribution in [2.75, 3.05) is 0 Å². The zero-order valence-electron chi connectivity index (χ0n) is 16.0. The molecule has 0 amide bonds. The smallest absolute Gasteiger partial charge is 0.358 e. The molecule has 0 aliphatic heterocycles. The van der Waals surface area contributed by atoms with Crippen LogP contribution in [0.3, 0.4) is 0 Å². The molecule has 152 valence electrons. The topological polar surface area (TPSA) is 121 Å². The number of aromatic nitrogens is 7. The Morgan fingerprint density at radius 2 is 1.57 bits per heavy atom. The van der Waals surface area contributed by atoms with Crippen LogP contribution in [0.5, 0.6) is 0 Å². The van der Waals surface area contributed by atoms with E-state index in [0.717, 1.165) is 17.1 Å². The van der Waals surface area contributed by atoms with E-state index in [1.165, 1.54) is 12.5 Å². The van der Waals surface area contributed by atoms with Gasteiger partial charge in [0, 0.05) is 32.0 Å². The quantitative estimate of drug-likeness (QED) is 0.306. The second kappa shape index (κ2) is 9.01. The van der Waals surface area contributed by atoms with Crippen LogP contribution >= 0.6 is 0 Å². The van der Waals surface area contributed by atoms with Gasteiger partial charge in [-0.25, -0.2) is 4.68 Å². The maximum Gasteiger partial charge on any atom is 0.381 e. The van der Waals surface area contributed by atoms with E-state index < -0.39 is 4.92 Å². The summed E-state index contributed by atoms with van der Waals surface area (Å²) in [6.07, 6.45) is 8.11. The predicted octanol–water partition coefficient (Wildman–Crippen LogP) is 1.88. The second-order valence-corrected chi connectivity index (χ2v) is 6.68. The molecule has 0 atom stereocenters. The third-order valence-corrected chi connectivity index (χ3v) is 4.31. The molecular weight excluding hydrogens is 386 g/mol. The molecule has 0 bridgehead atoms. The van der Waals surface area contributed by atoms with Crippen LogP contribution in [0.25, 0.3) is 0 Å². The fourth-order valence-corrected chi connectivity index (χ4v) is 3.01. The Bertz CT molecular complexity index is 1050. The van der Waals surface area contributed by atoms with E-state index in [0.29, 0.717) is 19.6 Å². The van der Waals surface area contributed by atoms with Gasteiger partial charge in [0.25, 0.3) is 0 Å². The molecule has 4 aromatic rings. The molecule has 4 aromatic heterocycles. The molecule has 0 unspecified atom stereocenters. The molecule has 0 saturated heterocycles. The minimum absolute atomic E-state index is 0.202. The third kappa shape index (κ3) is 5.08. The highest BCUT2D eigenvalue weighted by molar-refractivity contribution is 5.12. The maximum atomic E-state index is 10.8. The largest absolute Gasteiger partial charge is 0.381 e. The van der Waals surface area contributed by atoms with Gasteiger partial charge in [-0.15, -0.1) is 5.10 Å². The van der Waals surface area contributed by atoms with Crippen molar-refractivity contribution in [1.82, 2.24) is 39.4 Å². The highest BCUT2D eigenvalue weighted by Gasteiger charge is 2.14. The monoisotopic (exact) mass is 405 g/mol. The van der Waals surface area contributed by atoms with Crippen molar-refractivity contribution in [1.29, 1.82) is 0 Å². The first kappa shape index (κ1) is 19.3. The lowest BCUT2D eigenvalue weighted by Gasteiger charge is -2.20. The van der Waals surface area contributed by atoms with Crippen LogP contribution < -0.4 is 0 Å². The normalized spacial score (nSPS) is 11.1. The van der Waals surface area contributed by atoms with Crippen LogP contribution in [0, 0.1) is 10.1 Å². The van der Waals surface area contributed by atoms with Gasteiger partial charge in [0.1, 0.15) is 12.9 Å². The molecule has 0 N–H and O–H groups in total. The Kier molecular flexibility index (Phi) is 5.80. The summed E-state index contributed by atoms with van der Waals surface area (Å²) in [5, 5.41) is 19.1. The SMILES string of the molecule is O=[N+]([O-])c1cn(Cn2cc(CN(Cc3ccccn3)Cc3ccccn3)nn2)cn1. The first-order valence-electron chi connectivity index (χ1n) is 9.23. The number of nitro groups is 1. The molecule has 0 radical (unpaired) electrons. The number of hydrogen-bond donors (Lipinski definition) is 0. The molecule has 4 heterocycles. The van der Waals surface area contributed by atoms with Crippen LogP contribution in [0.4, 0.5) is 5.82 Å². The Morgan fingerprint density at radius 1 is 0.900 bits per heavy atom. The summed E-state index contributed by atoms with van der Waals surface area (Å²) in [5.74, 6) is -0.202. The number of pyridine rings is 2. The van der Waals surface area contributed by atoms with Gasteiger partial charge in [-0.05, 0) is 34.2 Å². The van der Waals surface area contributed by atoms with Crippen molar-refractivity contribution in [3.63, 3.8) is 0 Å². The van der Waals surface area contributed by atoms with Gasteiger partial charge >= 0.3 is 5.82 Å². The Labute approximate surface area is 171 Å². The van der Waals surface area contributed by atoms with Crippen molar-refractivity contribution in [2.45, 2.75) is 26.3 Å². The molecular formula is C19H19N9O2. The Balaban J connectivity index is 1.46. The first-order chi connectivity index (χ1) is 14.7. The van der Waals surface area contributed by atoms with Crippen molar-refractivity contribution in [3.05, 3.63) is 94.7 Å². The average Bonchev–Trinajstić information content (AvgIpc) is 3.39. The number of rotatable bonds is 9. The molecule has 0 aliphatic carbocycles. The summed E-state index contributed by atoms with van der Waals surface area (Å²) in [4.78, 5) is 25.0. The number of nitrogens with zero attached hydrogens (tertiary/aromatic N) is 9. The van der Waals surface area contributed by atoms with E-state index in [9.17, 15) is 10.1 Å². The zero-order valence-corrected chi connectivity index (χ0v) is 16.0. The van der Waals surface area contributed by atoms with E-state index >= 15 is 0 Å². The average molecular weight is 405 g/mol. The minimum atomic E-state index is -0.531. The van der Waals surface area contributed by atoms with Gasteiger partial charge in [0.15, 0.2) is 0 Å². The van der Waals surface area contributed by atoms with Gasteiger partial charge in [0.2, 0.25) is 6.33 Å². The van der Waals surface area contributed by atoms with Crippen LogP contribution in [0.2, 0.25) is 0 Å². The van der Waals surface area contributed by atoms with Crippen LogP contribution in [0.1, 0.15) is 17.1 Å². The predicted molar refractivity (Wildman–Crippen MR) is 106 cm³/mol. The van der Waals surface area contributed by atoms with E-state index in [-0.39, 0.29) is 12.5 Å². The summed E-state index contributed by atoms with van der Waals surface area (Å²) < 4.78 is 3.19. The maximum absolute atomic E-state index is 10.8. The standard InChI is InChI=1S/C19H19N9O2/c29-28(30)19-13-26(14-22-19)15-27-12-18(23-24-27)11-25(9-16-5-1-3-7-20-16)10-17-6-2-4-8-21-17/h1-8,12-14H,9-11,15H2. The molecule has 0 spiro atoms. The lowest BCUT2D eigenvalue weighted by molar-refractivity contribution is -0.389. The Hall–Kier alpha value is -3.99. The van der Waals surface area contributed by atoms with E-state index in [1.54, 1.807) is 21.6 Å². The van der Waals surface area contributed by atoms with Gasteiger partial charge in [-0.3, -0.25) is 19.4 Å². The number of imidazole rings is 1. The fourth-order valence-electron chi connectivity index (χ4n) is 3.01. The first-order valence-corrected chi connectivity index (χ1v) is 9.23. The molecule has 11 heteroatoms. The van der Waals surface area contributed by atoms with Crippen LogP contribution in [0.15, 0.2) is 67.5 Å². The lowest BCUT2D eigenvalue weighted by atomic mass is 10.2. The van der Waals surface area contributed by atoms with Crippen molar-refractivity contribution in [3.8, 4) is 0 Å². The molecule has 0 fully saturated rings. The summed E-state index contributed by atoms with van der Waals surface area (Å²) in [6, 6.07) is 11.7. The van der Waals surface area contributed by atoms with Gasteiger partial charge in [0.05, 0.1) is 23.3 Å². The zero-order chi connectivity index (χ0) is 20.8. The lowest BCUT2D eigenvalue weighted by Crippen LogP contribution is -2.23. The molecule has 0 aromatic carbocycles. The van der Waals surface area contributed by atoms with Gasteiger partial charge in [-0.1, -0.05) is 17.3 Å². The van der Waals surface area contributed by atoms with Crippen molar-refractivity contribution in [2.24, 2.45) is 0 Å². The summed E-state index contributed by atoms with van der Waals surface area (Å²) in [7, 11) is 0. The van der Waals surface area contributed by atoms with Crippen molar-refractivity contribution >= 4 is 5.82 Å². The molecule has 0 saturated carbocycles. The Morgan fingerprint density at radius 3 is 2.13 bits per heavy atom. The molecule has 11 nitrogen and oxygen atoms in total. The highest BCUT2D eigenvalue weighted by Crippen LogP contribution is 2.11. The van der Waals surface area contributed by atoms with Crippen LogP contribution in [-0.2, 0) is 26.3 Å². The molecule has 4 rings (SSSR count). The van der Waals surface area contributed by atoms with Gasteiger partial charge < -0.3 is 10.1 Å². The van der Waals surface area contributed by atoms with E-state index in [2.05, 4.69) is 30.2 Å². The van der Waals surface area contributed by atoms with Crippen LogP contribution in [-0.4, -0.2) is 44.3 Å². The molecule has 30 heavy (non-hydrogen) atoms. The third-order valence-electron chi connectivity index (χ3n) is 4.31.